The number of likely N-dealkylation sites (N-methyl/N-ethyl adjacent to an activating group) is 1. The van der Waals surface area contributed by atoms with Gasteiger partial charge in [-0.1, -0.05) is 11.6 Å². The topological polar surface area (TPSA) is 104 Å². The van der Waals surface area contributed by atoms with Crippen molar-refractivity contribution < 1.29 is 27.9 Å². The van der Waals surface area contributed by atoms with Gasteiger partial charge in [0.1, 0.15) is 6.04 Å². The van der Waals surface area contributed by atoms with Crippen molar-refractivity contribution in [3.05, 3.63) is 29.3 Å². The van der Waals surface area contributed by atoms with Crippen LogP contribution < -0.4 is 0 Å². The summed E-state index contributed by atoms with van der Waals surface area (Å²) in [5.41, 5.74) is 0. The molecule has 1 aromatic carbocycles. The first-order valence-corrected chi connectivity index (χ1v) is 9.25. The van der Waals surface area contributed by atoms with Crippen molar-refractivity contribution >= 4 is 33.5 Å². The minimum absolute atomic E-state index is 0.00169. The van der Waals surface area contributed by atoms with Crippen LogP contribution in [0.25, 0.3) is 0 Å². The molecule has 0 spiro atoms. The van der Waals surface area contributed by atoms with Gasteiger partial charge in [-0.25, -0.2) is 13.2 Å². The van der Waals surface area contributed by atoms with Gasteiger partial charge in [0.25, 0.3) is 0 Å². The molecule has 0 bridgehead atoms. The summed E-state index contributed by atoms with van der Waals surface area (Å²) in [6, 6.07) is 4.54. The average molecular weight is 391 g/mol. The lowest BCUT2D eigenvalue weighted by atomic mass is 10.2. The standard InChI is InChI=1S/C15H19ClN2O6S/c1-17(25(22,23)12-5-3-10(16)4-6-12)9-14(19)18-8-11(24-2)7-13(18)15(20)21/h3-6,11,13H,7-9H2,1-2H3,(H,20,21). The number of amides is 1. The highest BCUT2D eigenvalue weighted by atomic mass is 35.5. The summed E-state index contributed by atoms with van der Waals surface area (Å²) in [7, 11) is -1.18. The number of sulfonamides is 1. The van der Waals surface area contributed by atoms with E-state index < -0.39 is 34.5 Å². The monoisotopic (exact) mass is 390 g/mol. The van der Waals surface area contributed by atoms with Crippen LogP contribution in [-0.2, 0) is 24.3 Å². The van der Waals surface area contributed by atoms with Gasteiger partial charge in [-0.3, -0.25) is 4.79 Å². The fraction of sp³-hybridized carbons (Fsp3) is 0.467. The van der Waals surface area contributed by atoms with Gasteiger partial charge < -0.3 is 14.7 Å². The number of carboxylic acids is 1. The van der Waals surface area contributed by atoms with E-state index in [9.17, 15) is 23.1 Å². The van der Waals surface area contributed by atoms with Crippen molar-refractivity contribution in [2.24, 2.45) is 0 Å². The van der Waals surface area contributed by atoms with Gasteiger partial charge in [-0.05, 0) is 24.3 Å². The Kier molecular flexibility index (Phi) is 6.04. The van der Waals surface area contributed by atoms with Crippen molar-refractivity contribution in [3.63, 3.8) is 0 Å². The SMILES string of the molecule is COC1CC(C(=O)O)N(C(=O)CN(C)S(=O)(=O)c2ccc(Cl)cc2)C1. The molecule has 0 aliphatic carbocycles. The van der Waals surface area contributed by atoms with Crippen LogP contribution in [0.15, 0.2) is 29.2 Å². The Labute approximate surface area is 151 Å². The number of aliphatic carboxylic acids is 1. The molecule has 2 atom stereocenters. The maximum atomic E-state index is 12.5. The Balaban J connectivity index is 2.13. The van der Waals surface area contributed by atoms with Gasteiger partial charge >= 0.3 is 5.97 Å². The number of nitrogens with zero attached hydrogens (tertiary/aromatic N) is 2. The predicted octanol–water partition coefficient (Wildman–Crippen LogP) is 0.661. The van der Waals surface area contributed by atoms with Gasteiger partial charge in [0, 0.05) is 32.1 Å². The van der Waals surface area contributed by atoms with Crippen LogP contribution in [0.4, 0.5) is 0 Å². The third-order valence-corrected chi connectivity index (χ3v) is 6.15. The van der Waals surface area contributed by atoms with E-state index in [1.165, 1.54) is 38.4 Å². The van der Waals surface area contributed by atoms with Crippen LogP contribution in [0.3, 0.4) is 0 Å². The molecule has 1 aromatic rings. The van der Waals surface area contributed by atoms with E-state index in [-0.39, 0.29) is 24.0 Å². The van der Waals surface area contributed by atoms with Crippen molar-refractivity contribution in [2.45, 2.75) is 23.5 Å². The predicted molar refractivity (Wildman–Crippen MR) is 89.8 cm³/mol. The van der Waals surface area contributed by atoms with E-state index in [0.717, 1.165) is 9.21 Å². The number of carbonyl (C=O) groups excluding carboxylic acids is 1. The third kappa shape index (κ3) is 4.30. The molecule has 138 valence electrons. The molecule has 1 N–H and O–H groups in total. The van der Waals surface area contributed by atoms with Crippen molar-refractivity contribution in [3.8, 4) is 0 Å². The van der Waals surface area contributed by atoms with Gasteiger partial charge in [0.2, 0.25) is 15.9 Å². The second-order valence-corrected chi connectivity index (χ2v) is 8.19. The van der Waals surface area contributed by atoms with Crippen molar-refractivity contribution in [1.29, 1.82) is 0 Å². The molecular weight excluding hydrogens is 372 g/mol. The maximum absolute atomic E-state index is 12.5. The molecule has 1 saturated heterocycles. The largest absolute Gasteiger partial charge is 0.480 e. The Bertz CT molecular complexity index is 752. The Morgan fingerprint density at radius 1 is 1.36 bits per heavy atom. The van der Waals surface area contributed by atoms with E-state index >= 15 is 0 Å². The minimum Gasteiger partial charge on any atom is -0.480 e. The molecule has 1 amide bonds. The second kappa shape index (κ2) is 7.69. The van der Waals surface area contributed by atoms with Crippen LogP contribution in [0.2, 0.25) is 5.02 Å². The Hall–Kier alpha value is -1.68. The first-order chi connectivity index (χ1) is 11.7. The van der Waals surface area contributed by atoms with Crippen LogP contribution in [-0.4, -0.2) is 74.0 Å². The van der Waals surface area contributed by atoms with Gasteiger partial charge in [0.05, 0.1) is 17.5 Å². The number of hydrogen-bond donors (Lipinski definition) is 1. The second-order valence-electron chi connectivity index (χ2n) is 5.71. The highest BCUT2D eigenvalue weighted by molar-refractivity contribution is 7.89. The summed E-state index contributed by atoms with van der Waals surface area (Å²) in [6.45, 7) is -0.355. The zero-order valence-electron chi connectivity index (χ0n) is 13.8. The fourth-order valence-corrected chi connectivity index (χ4v) is 3.88. The normalized spacial score (nSPS) is 20.9. The molecule has 0 saturated carbocycles. The van der Waals surface area contributed by atoms with E-state index in [4.69, 9.17) is 16.3 Å². The molecule has 25 heavy (non-hydrogen) atoms. The number of carbonyl (C=O) groups is 2. The maximum Gasteiger partial charge on any atom is 0.326 e. The number of methoxy groups -OCH3 is 1. The quantitative estimate of drug-likeness (QED) is 0.765. The molecule has 10 heteroatoms. The zero-order chi connectivity index (χ0) is 18.8. The minimum atomic E-state index is -3.89. The molecule has 2 unspecified atom stereocenters. The third-order valence-electron chi connectivity index (χ3n) is 4.08. The molecule has 0 radical (unpaired) electrons. The average Bonchev–Trinajstić information content (AvgIpc) is 3.00. The highest BCUT2D eigenvalue weighted by Crippen LogP contribution is 2.22. The van der Waals surface area contributed by atoms with Crippen LogP contribution >= 0.6 is 11.6 Å². The van der Waals surface area contributed by atoms with Crippen LogP contribution in [0, 0.1) is 0 Å². The van der Waals surface area contributed by atoms with Crippen LogP contribution in [0.5, 0.6) is 0 Å². The van der Waals surface area contributed by atoms with E-state index in [1.807, 2.05) is 0 Å². The van der Waals surface area contributed by atoms with Gasteiger partial charge in [-0.15, -0.1) is 0 Å². The Morgan fingerprint density at radius 2 is 1.96 bits per heavy atom. The fourth-order valence-electron chi connectivity index (χ4n) is 2.63. The van der Waals surface area contributed by atoms with Crippen molar-refractivity contribution in [2.75, 3.05) is 27.2 Å². The molecule has 2 rings (SSSR count). The summed E-state index contributed by atoms with van der Waals surface area (Å²) < 4.78 is 31.0. The van der Waals surface area contributed by atoms with Crippen molar-refractivity contribution in [1.82, 2.24) is 9.21 Å². The first kappa shape index (κ1) is 19.6. The number of rotatable bonds is 6. The summed E-state index contributed by atoms with van der Waals surface area (Å²) in [5.74, 6) is -1.73. The number of hydrogen-bond acceptors (Lipinski definition) is 5. The highest BCUT2D eigenvalue weighted by Gasteiger charge is 2.40. The zero-order valence-corrected chi connectivity index (χ0v) is 15.3. The molecule has 8 nitrogen and oxygen atoms in total. The first-order valence-electron chi connectivity index (χ1n) is 7.43. The lowest BCUT2D eigenvalue weighted by Crippen LogP contribution is -2.46. The lowest BCUT2D eigenvalue weighted by molar-refractivity contribution is -0.148. The Morgan fingerprint density at radius 3 is 2.48 bits per heavy atom. The summed E-state index contributed by atoms with van der Waals surface area (Å²) in [5, 5.41) is 9.64. The molecule has 1 heterocycles. The molecular formula is C15H19ClN2O6S. The van der Waals surface area contributed by atoms with Gasteiger partial charge in [0.15, 0.2) is 0 Å². The number of benzene rings is 1. The number of ether oxygens (including phenoxy) is 1. The number of carboxylic acid groups (broad SMARTS) is 1. The lowest BCUT2D eigenvalue weighted by Gasteiger charge is -2.24. The van der Waals surface area contributed by atoms with E-state index in [2.05, 4.69) is 0 Å². The molecule has 1 aliphatic rings. The molecule has 0 aromatic heterocycles. The van der Waals surface area contributed by atoms with Crippen LogP contribution in [0.1, 0.15) is 6.42 Å². The number of likely N-dealkylation sites (tertiary alicyclic amines) is 1. The summed E-state index contributed by atoms with van der Waals surface area (Å²) in [6.07, 6.45) is -0.214. The molecule has 1 aliphatic heterocycles. The van der Waals surface area contributed by atoms with E-state index in [0.29, 0.717) is 5.02 Å². The summed E-state index contributed by atoms with van der Waals surface area (Å²) >= 11 is 5.75. The van der Waals surface area contributed by atoms with E-state index in [1.54, 1.807) is 0 Å². The number of halogens is 1. The van der Waals surface area contributed by atoms with Gasteiger partial charge in [-0.2, -0.15) is 4.31 Å². The smallest absolute Gasteiger partial charge is 0.326 e. The summed E-state index contributed by atoms with van der Waals surface area (Å²) in [4.78, 5) is 24.9. The molecule has 1 fully saturated rings.